The van der Waals surface area contributed by atoms with E-state index in [2.05, 4.69) is 61.9 Å². The molecule has 0 unspecified atom stereocenters. The van der Waals surface area contributed by atoms with E-state index in [1.807, 2.05) is 19.1 Å². The summed E-state index contributed by atoms with van der Waals surface area (Å²) in [4.78, 5) is 10.9. The number of carbonyl (C=O) groups is 1. The van der Waals surface area contributed by atoms with E-state index in [9.17, 15) is 4.79 Å². The zero-order chi connectivity index (χ0) is 16.8. The molecule has 0 radical (unpaired) electrons. The van der Waals surface area contributed by atoms with Gasteiger partial charge in [-0.2, -0.15) is 0 Å². The van der Waals surface area contributed by atoms with Gasteiger partial charge in [-0.15, -0.1) is 0 Å². The molecule has 0 N–H and O–H groups in total. The minimum atomic E-state index is -0.0998. The Morgan fingerprint density at radius 2 is 1.86 bits per heavy atom. The van der Waals surface area contributed by atoms with Crippen molar-refractivity contribution in [3.05, 3.63) is 58.7 Å². The Morgan fingerprint density at radius 1 is 1.18 bits per heavy atom. The SMILES string of the molecule is CC1=C(/C=C/C(C)=C/C=C/C(C)=C/C(=O)Br)C(C)(C)CCC1. The van der Waals surface area contributed by atoms with Crippen molar-refractivity contribution < 1.29 is 4.79 Å². The number of allylic oxidation sites excluding steroid dienone is 10. The molecule has 0 saturated heterocycles. The first kappa shape index (κ1) is 18.9. The number of rotatable bonds is 5. The topological polar surface area (TPSA) is 17.1 Å². The molecule has 1 aliphatic carbocycles. The lowest BCUT2D eigenvalue weighted by Crippen LogP contribution is -2.19. The van der Waals surface area contributed by atoms with Crippen molar-refractivity contribution in [2.24, 2.45) is 5.41 Å². The Balaban J connectivity index is 2.79. The zero-order valence-corrected chi connectivity index (χ0v) is 16.0. The van der Waals surface area contributed by atoms with Gasteiger partial charge in [-0.1, -0.05) is 55.4 Å². The maximum atomic E-state index is 10.9. The Hall–Kier alpha value is -1.15. The van der Waals surface area contributed by atoms with Crippen LogP contribution in [0.3, 0.4) is 0 Å². The molecular weight excluding hydrogens is 336 g/mol. The highest BCUT2D eigenvalue weighted by Gasteiger charge is 2.26. The number of hydrogen-bond acceptors (Lipinski definition) is 1. The van der Waals surface area contributed by atoms with Crippen LogP contribution >= 0.6 is 15.9 Å². The Bertz CT molecular complexity index is 569. The van der Waals surface area contributed by atoms with E-state index in [1.165, 1.54) is 36.0 Å². The van der Waals surface area contributed by atoms with Gasteiger partial charge in [0.2, 0.25) is 4.69 Å². The number of carbonyl (C=O) groups excluding carboxylic acids is 1. The second-order valence-corrected chi connectivity index (χ2v) is 7.51. The first-order valence-corrected chi connectivity index (χ1v) is 8.63. The molecule has 1 rings (SSSR count). The summed E-state index contributed by atoms with van der Waals surface area (Å²) in [6, 6.07) is 0. The largest absolute Gasteiger partial charge is 0.282 e. The van der Waals surface area contributed by atoms with Gasteiger partial charge < -0.3 is 0 Å². The average Bonchev–Trinajstić information content (AvgIpc) is 2.36. The summed E-state index contributed by atoms with van der Waals surface area (Å²) in [5.74, 6) is 0. The zero-order valence-electron chi connectivity index (χ0n) is 14.4. The van der Waals surface area contributed by atoms with E-state index in [0.29, 0.717) is 0 Å². The summed E-state index contributed by atoms with van der Waals surface area (Å²) in [7, 11) is 0. The minimum Gasteiger partial charge on any atom is -0.282 e. The van der Waals surface area contributed by atoms with Crippen molar-refractivity contribution in [1.82, 2.24) is 0 Å². The van der Waals surface area contributed by atoms with Crippen LogP contribution in [-0.2, 0) is 4.79 Å². The summed E-state index contributed by atoms with van der Waals surface area (Å²) in [6.45, 7) is 10.9. The van der Waals surface area contributed by atoms with Crippen LogP contribution in [0.15, 0.2) is 58.7 Å². The van der Waals surface area contributed by atoms with Crippen LogP contribution in [0.4, 0.5) is 0 Å². The molecule has 0 aromatic rings. The van der Waals surface area contributed by atoms with Crippen LogP contribution < -0.4 is 0 Å². The van der Waals surface area contributed by atoms with Crippen molar-refractivity contribution in [3.8, 4) is 0 Å². The molecule has 0 saturated carbocycles. The summed E-state index contributed by atoms with van der Waals surface area (Å²) in [6.07, 6.45) is 15.8. The fourth-order valence-corrected chi connectivity index (χ4v) is 3.22. The monoisotopic (exact) mass is 362 g/mol. The van der Waals surface area contributed by atoms with Gasteiger partial charge in [0.15, 0.2) is 0 Å². The second-order valence-electron chi connectivity index (χ2n) is 6.73. The van der Waals surface area contributed by atoms with Gasteiger partial charge in [-0.05, 0) is 78.6 Å². The van der Waals surface area contributed by atoms with Crippen LogP contribution in [0.5, 0.6) is 0 Å². The maximum absolute atomic E-state index is 10.9. The van der Waals surface area contributed by atoms with Crippen molar-refractivity contribution >= 4 is 20.6 Å². The van der Waals surface area contributed by atoms with Crippen molar-refractivity contribution in [2.75, 3.05) is 0 Å². The minimum absolute atomic E-state index is 0.0998. The van der Waals surface area contributed by atoms with Crippen LogP contribution in [0.1, 0.15) is 53.9 Å². The quantitative estimate of drug-likeness (QED) is 0.312. The summed E-state index contributed by atoms with van der Waals surface area (Å²) < 4.78 is -0.0998. The molecule has 0 atom stereocenters. The molecule has 0 heterocycles. The molecule has 0 aromatic heterocycles. The Kier molecular flexibility index (Phi) is 7.28. The Morgan fingerprint density at radius 3 is 2.45 bits per heavy atom. The normalized spacial score (nSPS) is 20.3. The molecule has 1 aliphatic rings. The van der Waals surface area contributed by atoms with E-state index in [-0.39, 0.29) is 10.1 Å². The molecular formula is C20H27BrO. The van der Waals surface area contributed by atoms with Crippen LogP contribution in [-0.4, -0.2) is 4.69 Å². The lowest BCUT2D eigenvalue weighted by molar-refractivity contribution is -0.106. The Labute approximate surface area is 143 Å². The van der Waals surface area contributed by atoms with E-state index in [1.54, 1.807) is 6.08 Å². The fourth-order valence-electron chi connectivity index (χ4n) is 2.86. The van der Waals surface area contributed by atoms with Gasteiger partial charge >= 0.3 is 0 Å². The van der Waals surface area contributed by atoms with Crippen molar-refractivity contribution in [3.63, 3.8) is 0 Å². The molecule has 22 heavy (non-hydrogen) atoms. The summed E-state index contributed by atoms with van der Waals surface area (Å²) in [5, 5.41) is 0. The second kappa shape index (κ2) is 8.47. The van der Waals surface area contributed by atoms with Crippen molar-refractivity contribution in [2.45, 2.75) is 53.9 Å². The van der Waals surface area contributed by atoms with Crippen LogP contribution in [0.2, 0.25) is 0 Å². The molecule has 120 valence electrons. The summed E-state index contributed by atoms with van der Waals surface area (Å²) in [5.41, 5.74) is 5.42. The lowest BCUT2D eigenvalue weighted by Gasteiger charge is -2.32. The smallest absolute Gasteiger partial charge is 0.221 e. The van der Waals surface area contributed by atoms with E-state index < -0.39 is 0 Å². The maximum Gasteiger partial charge on any atom is 0.221 e. The molecule has 0 bridgehead atoms. The highest BCUT2D eigenvalue weighted by Crippen LogP contribution is 2.40. The molecule has 0 amide bonds. The number of halogens is 1. The molecule has 0 aromatic carbocycles. The van der Waals surface area contributed by atoms with E-state index >= 15 is 0 Å². The molecule has 0 fully saturated rings. The molecule has 1 nitrogen and oxygen atoms in total. The van der Waals surface area contributed by atoms with E-state index in [4.69, 9.17) is 0 Å². The lowest BCUT2D eigenvalue weighted by atomic mass is 9.72. The van der Waals surface area contributed by atoms with Gasteiger partial charge in [0.05, 0.1) is 0 Å². The van der Waals surface area contributed by atoms with Gasteiger partial charge in [0.1, 0.15) is 0 Å². The van der Waals surface area contributed by atoms with Crippen LogP contribution in [0.25, 0.3) is 0 Å². The molecule has 2 heteroatoms. The van der Waals surface area contributed by atoms with Gasteiger partial charge in [0.25, 0.3) is 0 Å². The first-order chi connectivity index (χ1) is 10.2. The summed E-state index contributed by atoms with van der Waals surface area (Å²) >= 11 is 2.90. The fraction of sp³-hybridized carbons (Fsp3) is 0.450. The van der Waals surface area contributed by atoms with Crippen molar-refractivity contribution in [1.29, 1.82) is 0 Å². The predicted molar refractivity (Wildman–Crippen MR) is 100 cm³/mol. The first-order valence-electron chi connectivity index (χ1n) is 7.83. The highest BCUT2D eigenvalue weighted by atomic mass is 79.9. The predicted octanol–water partition coefficient (Wildman–Crippen LogP) is 6.44. The third kappa shape index (κ3) is 6.31. The standard InChI is InChI=1S/C20H27BrO/c1-15(8-6-9-16(2)14-19(21)22)11-12-18-17(3)10-7-13-20(18,4)5/h6,8-9,11-12,14H,7,10,13H2,1-5H3/b9-6+,12-11+,15-8+,16-14+. The van der Waals surface area contributed by atoms with Gasteiger partial charge in [-0.3, -0.25) is 4.79 Å². The highest BCUT2D eigenvalue weighted by molar-refractivity contribution is 9.18. The van der Waals surface area contributed by atoms with Gasteiger partial charge in [0, 0.05) is 0 Å². The van der Waals surface area contributed by atoms with E-state index in [0.717, 1.165) is 5.57 Å². The van der Waals surface area contributed by atoms with Gasteiger partial charge in [-0.25, -0.2) is 0 Å². The third-order valence-corrected chi connectivity index (χ3v) is 4.34. The third-order valence-electron chi connectivity index (χ3n) is 4.11. The molecule has 0 spiro atoms. The average molecular weight is 363 g/mol. The number of hydrogen-bond donors (Lipinski definition) is 0. The van der Waals surface area contributed by atoms with Crippen LogP contribution in [0, 0.1) is 5.41 Å². The molecule has 0 aliphatic heterocycles.